The summed E-state index contributed by atoms with van der Waals surface area (Å²) in [5.41, 5.74) is 5.00. The Bertz CT molecular complexity index is 824. The molecular weight excluding hydrogens is 388 g/mol. The van der Waals surface area contributed by atoms with E-state index in [0.717, 1.165) is 24.2 Å². The molecule has 1 aliphatic rings. The highest BCUT2D eigenvalue weighted by atomic mass is 28.4. The monoisotopic (exact) mass is 426 g/mol. The van der Waals surface area contributed by atoms with Crippen LogP contribution in [0, 0.1) is 0 Å². The lowest BCUT2D eigenvalue weighted by molar-refractivity contribution is 0.0992. The minimum Gasteiger partial charge on any atom is -0.488 e. The number of rotatable bonds is 8. The van der Waals surface area contributed by atoms with Gasteiger partial charge in [-0.1, -0.05) is 63.2 Å². The molecule has 164 valence electrons. The fourth-order valence-corrected chi connectivity index (χ4v) is 4.79. The van der Waals surface area contributed by atoms with Gasteiger partial charge in [-0.3, -0.25) is 0 Å². The van der Waals surface area contributed by atoms with Crippen molar-refractivity contribution in [1.29, 1.82) is 0 Å². The van der Waals surface area contributed by atoms with Crippen molar-refractivity contribution in [1.82, 2.24) is 0 Å². The average molecular weight is 427 g/mol. The molecule has 3 nitrogen and oxygen atoms in total. The van der Waals surface area contributed by atoms with E-state index < -0.39 is 14.4 Å². The van der Waals surface area contributed by atoms with Crippen LogP contribution in [-0.2, 0) is 30.3 Å². The zero-order valence-corrected chi connectivity index (χ0v) is 20.3. The Morgan fingerprint density at radius 3 is 2.40 bits per heavy atom. The van der Waals surface area contributed by atoms with Gasteiger partial charge < -0.3 is 14.3 Å². The average Bonchev–Trinajstić information content (AvgIpc) is 2.71. The summed E-state index contributed by atoms with van der Waals surface area (Å²) in [6.45, 7) is 12.1. The zero-order chi connectivity index (χ0) is 21.8. The predicted octanol–water partition coefficient (Wildman–Crippen LogP) is 6.07. The largest absolute Gasteiger partial charge is 0.488 e. The van der Waals surface area contributed by atoms with Crippen LogP contribution in [-0.4, -0.2) is 26.1 Å². The van der Waals surface area contributed by atoms with Crippen LogP contribution in [0.15, 0.2) is 42.5 Å². The molecule has 2 aromatic carbocycles. The van der Waals surface area contributed by atoms with Crippen LogP contribution in [0.3, 0.4) is 0 Å². The van der Waals surface area contributed by atoms with E-state index in [9.17, 15) is 5.11 Å². The highest BCUT2D eigenvalue weighted by molar-refractivity contribution is 6.74. The number of hydrogen-bond donors (Lipinski definition) is 1. The van der Waals surface area contributed by atoms with E-state index in [-0.39, 0.29) is 5.04 Å². The molecule has 1 N–H and O–H groups in total. The van der Waals surface area contributed by atoms with E-state index in [1.54, 1.807) is 0 Å². The first-order chi connectivity index (χ1) is 14.2. The van der Waals surface area contributed by atoms with Gasteiger partial charge in [0, 0.05) is 6.42 Å². The third kappa shape index (κ3) is 5.74. The molecule has 0 fully saturated rings. The fourth-order valence-electron chi connectivity index (χ4n) is 3.75. The second kappa shape index (κ2) is 9.67. The second-order valence-corrected chi connectivity index (χ2v) is 14.9. The molecule has 0 spiro atoms. The Morgan fingerprint density at radius 1 is 1.00 bits per heavy atom. The highest BCUT2D eigenvalue weighted by Crippen LogP contribution is 2.37. The van der Waals surface area contributed by atoms with Crippen molar-refractivity contribution in [2.75, 3.05) is 6.61 Å². The molecule has 3 rings (SSSR count). The molecule has 0 heterocycles. The molecule has 0 aliphatic heterocycles. The number of aryl methyl sites for hydroxylation is 1. The van der Waals surface area contributed by atoms with Gasteiger partial charge in [0.05, 0.1) is 12.7 Å². The number of aliphatic hydroxyl groups is 1. The van der Waals surface area contributed by atoms with E-state index >= 15 is 0 Å². The standard InChI is InChI=1S/C26H38O3Si/c1-26(2,3)30(4,5)29-19-23(27)17-22-16-15-21-13-9-10-14-24(21)25(22)28-18-20-11-7-6-8-12-20/h6-8,11-12,15-16,23,27H,9-10,13-14,17-19H2,1-5H3. The fraction of sp³-hybridized carbons (Fsp3) is 0.538. The number of fused-ring (bicyclic) bond motifs is 1. The molecular formula is C26H38O3Si. The van der Waals surface area contributed by atoms with Crippen molar-refractivity contribution in [2.24, 2.45) is 0 Å². The first kappa shape index (κ1) is 23.0. The Morgan fingerprint density at radius 2 is 1.70 bits per heavy atom. The SMILES string of the molecule is CC(C)(C)[Si](C)(C)OCC(O)Cc1ccc2c(c1OCc1ccccc1)CCCC2. The molecule has 0 saturated heterocycles. The third-order valence-corrected chi connectivity index (χ3v) is 11.2. The third-order valence-electron chi connectivity index (χ3n) is 6.69. The molecule has 2 aromatic rings. The van der Waals surface area contributed by atoms with Crippen LogP contribution in [0.5, 0.6) is 5.75 Å². The Labute approximate surface area is 183 Å². The molecule has 1 atom stereocenters. The summed E-state index contributed by atoms with van der Waals surface area (Å²) in [4.78, 5) is 0. The van der Waals surface area contributed by atoms with Crippen LogP contribution < -0.4 is 4.74 Å². The Kier molecular flexibility index (Phi) is 7.43. The van der Waals surface area contributed by atoms with Gasteiger partial charge in [0.15, 0.2) is 8.32 Å². The van der Waals surface area contributed by atoms with Gasteiger partial charge in [0.25, 0.3) is 0 Å². The second-order valence-electron chi connectivity index (χ2n) is 10.1. The summed E-state index contributed by atoms with van der Waals surface area (Å²) in [5, 5.41) is 10.9. The predicted molar refractivity (Wildman–Crippen MR) is 127 cm³/mol. The topological polar surface area (TPSA) is 38.7 Å². The lowest BCUT2D eigenvalue weighted by atomic mass is 9.88. The van der Waals surface area contributed by atoms with Crippen LogP contribution in [0.2, 0.25) is 18.1 Å². The number of benzene rings is 2. The Balaban J connectivity index is 1.75. The van der Waals surface area contributed by atoms with E-state index in [1.165, 1.54) is 29.5 Å². The minimum atomic E-state index is -1.87. The maximum atomic E-state index is 10.8. The molecule has 1 aliphatic carbocycles. The van der Waals surface area contributed by atoms with E-state index in [2.05, 4.69) is 58.1 Å². The summed E-state index contributed by atoms with van der Waals surface area (Å²) < 4.78 is 12.6. The van der Waals surface area contributed by atoms with Gasteiger partial charge in [0.2, 0.25) is 0 Å². The molecule has 30 heavy (non-hydrogen) atoms. The normalized spacial score (nSPS) is 15.5. The molecule has 4 heteroatoms. The van der Waals surface area contributed by atoms with Crippen LogP contribution in [0.25, 0.3) is 0 Å². The summed E-state index contributed by atoms with van der Waals surface area (Å²) in [6, 6.07) is 14.7. The van der Waals surface area contributed by atoms with Crippen molar-refractivity contribution in [3.05, 3.63) is 64.7 Å². The first-order valence-corrected chi connectivity index (χ1v) is 14.2. The van der Waals surface area contributed by atoms with Crippen LogP contribution in [0.1, 0.15) is 55.9 Å². The summed E-state index contributed by atoms with van der Waals surface area (Å²) in [6.07, 6.45) is 4.66. The van der Waals surface area contributed by atoms with Crippen molar-refractivity contribution in [3.63, 3.8) is 0 Å². The van der Waals surface area contributed by atoms with Crippen molar-refractivity contribution < 1.29 is 14.3 Å². The lowest BCUT2D eigenvalue weighted by Gasteiger charge is -2.36. The van der Waals surface area contributed by atoms with Crippen molar-refractivity contribution in [2.45, 2.75) is 83.7 Å². The van der Waals surface area contributed by atoms with Gasteiger partial charge in [-0.15, -0.1) is 0 Å². The van der Waals surface area contributed by atoms with Gasteiger partial charge in [-0.2, -0.15) is 0 Å². The van der Waals surface area contributed by atoms with Crippen molar-refractivity contribution >= 4 is 8.32 Å². The minimum absolute atomic E-state index is 0.141. The highest BCUT2D eigenvalue weighted by Gasteiger charge is 2.37. The maximum absolute atomic E-state index is 10.8. The van der Waals surface area contributed by atoms with Gasteiger partial charge in [-0.25, -0.2) is 0 Å². The number of aliphatic hydroxyl groups excluding tert-OH is 1. The quantitative estimate of drug-likeness (QED) is 0.521. The van der Waals surface area contributed by atoms with E-state index in [0.29, 0.717) is 19.6 Å². The number of ether oxygens (including phenoxy) is 1. The molecule has 0 aromatic heterocycles. The smallest absolute Gasteiger partial charge is 0.192 e. The molecule has 0 amide bonds. The zero-order valence-electron chi connectivity index (χ0n) is 19.3. The molecule has 0 radical (unpaired) electrons. The molecule has 0 bridgehead atoms. The van der Waals surface area contributed by atoms with Crippen LogP contribution >= 0.6 is 0 Å². The van der Waals surface area contributed by atoms with Gasteiger partial charge in [0.1, 0.15) is 12.4 Å². The molecule has 1 unspecified atom stereocenters. The Hall–Kier alpha value is -1.62. The summed E-state index contributed by atoms with van der Waals surface area (Å²) >= 11 is 0. The molecule has 0 saturated carbocycles. The summed E-state index contributed by atoms with van der Waals surface area (Å²) in [5.74, 6) is 0.988. The first-order valence-electron chi connectivity index (χ1n) is 11.3. The van der Waals surface area contributed by atoms with E-state index in [4.69, 9.17) is 9.16 Å². The van der Waals surface area contributed by atoms with Gasteiger partial charge >= 0.3 is 0 Å². The van der Waals surface area contributed by atoms with Crippen LogP contribution in [0.4, 0.5) is 0 Å². The van der Waals surface area contributed by atoms with E-state index in [1.807, 2.05) is 18.2 Å². The number of hydrogen-bond acceptors (Lipinski definition) is 3. The lowest BCUT2D eigenvalue weighted by Crippen LogP contribution is -2.42. The van der Waals surface area contributed by atoms with Crippen molar-refractivity contribution in [3.8, 4) is 5.75 Å². The maximum Gasteiger partial charge on any atom is 0.192 e. The summed E-state index contributed by atoms with van der Waals surface area (Å²) in [7, 11) is -1.87. The van der Waals surface area contributed by atoms with Gasteiger partial charge in [-0.05, 0) is 66.1 Å².